The van der Waals surface area contributed by atoms with Crippen molar-refractivity contribution >= 4 is 11.6 Å². The van der Waals surface area contributed by atoms with Crippen LogP contribution in [0.4, 0.5) is 5.69 Å². The number of para-hydroxylation sites is 1. The number of hydrogen-bond acceptors (Lipinski definition) is 5. The average Bonchev–Trinajstić information content (AvgIpc) is 2.85. The van der Waals surface area contributed by atoms with Crippen molar-refractivity contribution < 1.29 is 19.2 Å². The molecule has 1 amide bonds. The minimum atomic E-state index is -1.29. The standard InChI is InChI=1S/C17H20N2O5/c1-11-8-14(12(2)24-11)17(3,21)10-18-16(20)9-13-6-4-5-7-15(13)19(22)23/h4-8,21H,9-10H2,1-3H3,(H,18,20). The summed E-state index contributed by atoms with van der Waals surface area (Å²) >= 11 is 0. The van der Waals surface area contributed by atoms with Gasteiger partial charge in [-0.25, -0.2) is 0 Å². The van der Waals surface area contributed by atoms with Crippen LogP contribution in [0.15, 0.2) is 34.7 Å². The summed E-state index contributed by atoms with van der Waals surface area (Å²) in [6, 6.07) is 7.82. The van der Waals surface area contributed by atoms with Gasteiger partial charge in [0.05, 0.1) is 17.9 Å². The van der Waals surface area contributed by atoms with E-state index < -0.39 is 16.4 Å². The Kier molecular flexibility index (Phi) is 5.04. The smallest absolute Gasteiger partial charge is 0.273 e. The second kappa shape index (κ2) is 6.84. The Morgan fingerprint density at radius 3 is 2.62 bits per heavy atom. The zero-order valence-electron chi connectivity index (χ0n) is 13.8. The van der Waals surface area contributed by atoms with Crippen molar-refractivity contribution in [1.82, 2.24) is 5.32 Å². The van der Waals surface area contributed by atoms with Crippen molar-refractivity contribution in [1.29, 1.82) is 0 Å². The molecule has 2 rings (SSSR count). The van der Waals surface area contributed by atoms with Crippen molar-refractivity contribution in [2.45, 2.75) is 32.8 Å². The van der Waals surface area contributed by atoms with Gasteiger partial charge < -0.3 is 14.8 Å². The zero-order valence-corrected chi connectivity index (χ0v) is 13.8. The van der Waals surface area contributed by atoms with Crippen LogP contribution in [-0.2, 0) is 16.8 Å². The van der Waals surface area contributed by atoms with Crippen LogP contribution in [0, 0.1) is 24.0 Å². The maximum absolute atomic E-state index is 12.1. The van der Waals surface area contributed by atoms with E-state index in [1.807, 2.05) is 0 Å². The van der Waals surface area contributed by atoms with Crippen LogP contribution >= 0.6 is 0 Å². The number of nitro groups is 1. The molecule has 0 spiro atoms. The van der Waals surface area contributed by atoms with E-state index in [-0.39, 0.29) is 18.7 Å². The van der Waals surface area contributed by atoms with Crippen LogP contribution in [0.2, 0.25) is 0 Å². The van der Waals surface area contributed by atoms with Crippen LogP contribution in [0.25, 0.3) is 0 Å². The Bertz CT molecular complexity index is 764. The van der Waals surface area contributed by atoms with E-state index in [1.165, 1.54) is 6.07 Å². The first-order valence-electron chi connectivity index (χ1n) is 7.49. The zero-order chi connectivity index (χ0) is 17.9. The van der Waals surface area contributed by atoms with Crippen LogP contribution in [-0.4, -0.2) is 22.5 Å². The summed E-state index contributed by atoms with van der Waals surface area (Å²) in [5.41, 5.74) is -0.457. The van der Waals surface area contributed by atoms with Crippen molar-refractivity contribution in [3.05, 3.63) is 63.1 Å². The predicted octanol–water partition coefficient (Wildman–Crippen LogP) is 2.37. The van der Waals surface area contributed by atoms with Gasteiger partial charge in [0.25, 0.3) is 5.69 Å². The molecule has 0 fully saturated rings. The Balaban J connectivity index is 2.03. The average molecular weight is 332 g/mol. The topological polar surface area (TPSA) is 106 Å². The lowest BCUT2D eigenvalue weighted by Crippen LogP contribution is -2.39. The van der Waals surface area contributed by atoms with Crippen molar-refractivity contribution in [3.63, 3.8) is 0 Å². The SMILES string of the molecule is Cc1cc(C(C)(O)CNC(=O)Cc2ccccc2[N+](=O)[O-])c(C)o1. The summed E-state index contributed by atoms with van der Waals surface area (Å²) in [6.07, 6.45) is -0.128. The molecule has 0 aliphatic rings. The monoisotopic (exact) mass is 332 g/mol. The summed E-state index contributed by atoms with van der Waals surface area (Å²) in [4.78, 5) is 22.5. The Labute approximate surface area is 139 Å². The number of aryl methyl sites for hydroxylation is 2. The molecular formula is C17H20N2O5. The van der Waals surface area contributed by atoms with E-state index in [0.29, 0.717) is 22.6 Å². The minimum absolute atomic E-state index is 0.0215. The quantitative estimate of drug-likeness (QED) is 0.624. The van der Waals surface area contributed by atoms with Gasteiger partial charge in [-0.3, -0.25) is 14.9 Å². The largest absolute Gasteiger partial charge is 0.466 e. The number of hydrogen-bond donors (Lipinski definition) is 2. The lowest BCUT2D eigenvalue weighted by atomic mass is 9.96. The maximum Gasteiger partial charge on any atom is 0.273 e. The normalized spacial score (nSPS) is 13.3. The highest BCUT2D eigenvalue weighted by atomic mass is 16.6. The van der Waals surface area contributed by atoms with Crippen LogP contribution in [0.5, 0.6) is 0 Å². The molecule has 2 aromatic rings. The fourth-order valence-electron chi connectivity index (χ4n) is 2.61. The Hall–Kier alpha value is -2.67. The highest BCUT2D eigenvalue weighted by Crippen LogP contribution is 2.26. The molecular weight excluding hydrogens is 312 g/mol. The molecule has 0 saturated carbocycles. The van der Waals surface area contributed by atoms with E-state index >= 15 is 0 Å². The number of benzene rings is 1. The van der Waals surface area contributed by atoms with Gasteiger partial charge in [-0.1, -0.05) is 18.2 Å². The van der Waals surface area contributed by atoms with E-state index in [1.54, 1.807) is 45.0 Å². The Morgan fingerprint density at radius 1 is 1.38 bits per heavy atom. The molecule has 1 aromatic heterocycles. The summed E-state index contributed by atoms with van der Waals surface area (Å²) in [5.74, 6) is 0.863. The van der Waals surface area contributed by atoms with E-state index in [9.17, 15) is 20.0 Å². The number of carbonyl (C=O) groups is 1. The fraction of sp³-hybridized carbons (Fsp3) is 0.353. The number of nitrogens with one attached hydrogen (secondary N) is 1. The van der Waals surface area contributed by atoms with Gasteiger partial charge in [0.15, 0.2) is 0 Å². The second-order valence-electron chi connectivity index (χ2n) is 5.94. The number of amides is 1. The minimum Gasteiger partial charge on any atom is -0.466 e. The fourth-order valence-corrected chi connectivity index (χ4v) is 2.61. The van der Waals surface area contributed by atoms with Crippen molar-refractivity contribution in [2.24, 2.45) is 0 Å². The summed E-state index contributed by atoms with van der Waals surface area (Å²) in [7, 11) is 0. The van der Waals surface area contributed by atoms with Crippen molar-refractivity contribution in [2.75, 3.05) is 6.54 Å². The van der Waals surface area contributed by atoms with Gasteiger partial charge in [-0.2, -0.15) is 0 Å². The molecule has 0 aliphatic carbocycles. The lowest BCUT2D eigenvalue weighted by molar-refractivity contribution is -0.385. The first kappa shape index (κ1) is 17.7. The maximum atomic E-state index is 12.1. The molecule has 0 radical (unpaired) electrons. The summed E-state index contributed by atoms with van der Waals surface area (Å²) < 4.78 is 5.40. The van der Waals surface area contributed by atoms with Gasteiger partial charge in [0.1, 0.15) is 17.1 Å². The molecule has 0 bridgehead atoms. The van der Waals surface area contributed by atoms with Crippen LogP contribution in [0.1, 0.15) is 29.6 Å². The highest BCUT2D eigenvalue weighted by molar-refractivity contribution is 5.79. The summed E-state index contributed by atoms with van der Waals surface area (Å²) in [5, 5.41) is 24.1. The van der Waals surface area contributed by atoms with Gasteiger partial charge in [0, 0.05) is 17.2 Å². The molecule has 24 heavy (non-hydrogen) atoms. The number of furan rings is 1. The second-order valence-corrected chi connectivity index (χ2v) is 5.94. The lowest BCUT2D eigenvalue weighted by Gasteiger charge is -2.23. The van der Waals surface area contributed by atoms with Gasteiger partial charge in [-0.15, -0.1) is 0 Å². The van der Waals surface area contributed by atoms with Gasteiger partial charge >= 0.3 is 0 Å². The Morgan fingerprint density at radius 2 is 2.04 bits per heavy atom. The molecule has 1 atom stereocenters. The first-order valence-corrected chi connectivity index (χ1v) is 7.49. The third-order valence-corrected chi connectivity index (χ3v) is 3.79. The van der Waals surface area contributed by atoms with E-state index in [2.05, 4.69) is 5.32 Å². The number of aliphatic hydroxyl groups is 1. The molecule has 1 aromatic carbocycles. The van der Waals surface area contributed by atoms with Crippen LogP contribution in [0.3, 0.4) is 0 Å². The van der Waals surface area contributed by atoms with E-state index in [0.717, 1.165) is 0 Å². The molecule has 7 heteroatoms. The molecule has 7 nitrogen and oxygen atoms in total. The number of rotatable bonds is 6. The van der Waals surface area contributed by atoms with Gasteiger partial charge in [0.2, 0.25) is 5.91 Å². The molecule has 1 heterocycles. The molecule has 0 saturated heterocycles. The van der Waals surface area contributed by atoms with Crippen LogP contribution < -0.4 is 5.32 Å². The summed E-state index contributed by atoms with van der Waals surface area (Å²) in [6.45, 7) is 5.08. The molecule has 1 unspecified atom stereocenters. The molecule has 128 valence electrons. The first-order chi connectivity index (χ1) is 11.2. The number of nitro benzene ring substituents is 1. The third kappa shape index (κ3) is 3.99. The van der Waals surface area contributed by atoms with Crippen molar-refractivity contribution in [3.8, 4) is 0 Å². The third-order valence-electron chi connectivity index (χ3n) is 3.79. The van der Waals surface area contributed by atoms with Gasteiger partial charge in [-0.05, 0) is 26.8 Å². The predicted molar refractivity (Wildman–Crippen MR) is 87.6 cm³/mol. The molecule has 0 aliphatic heterocycles. The number of nitrogens with zero attached hydrogens (tertiary/aromatic N) is 1. The van der Waals surface area contributed by atoms with E-state index in [4.69, 9.17) is 4.42 Å². The molecule has 2 N–H and O–H groups in total. The highest BCUT2D eigenvalue weighted by Gasteiger charge is 2.28. The number of carbonyl (C=O) groups excluding carboxylic acids is 1.